The van der Waals surface area contributed by atoms with Crippen LogP contribution in [0.5, 0.6) is 5.75 Å². The Morgan fingerprint density at radius 1 is 1.39 bits per heavy atom. The normalized spacial score (nSPS) is 18.6. The summed E-state index contributed by atoms with van der Waals surface area (Å²) < 4.78 is 10.7. The topological polar surface area (TPSA) is 30.5 Å². The molecule has 1 aliphatic rings. The molecule has 3 nitrogen and oxygen atoms in total. The molecular weight excluding hydrogens is 226 g/mol. The van der Waals surface area contributed by atoms with Gasteiger partial charge in [0.15, 0.2) is 0 Å². The Labute approximate surface area is 109 Å². The van der Waals surface area contributed by atoms with E-state index in [0.29, 0.717) is 6.04 Å². The maximum atomic E-state index is 5.42. The number of benzene rings is 1. The van der Waals surface area contributed by atoms with Gasteiger partial charge in [0, 0.05) is 19.3 Å². The summed E-state index contributed by atoms with van der Waals surface area (Å²) in [7, 11) is 3.75. The summed E-state index contributed by atoms with van der Waals surface area (Å²) in [5.74, 6) is 1.70. The Hall–Kier alpha value is -1.06. The fourth-order valence-corrected chi connectivity index (χ4v) is 2.59. The molecule has 0 bridgehead atoms. The molecule has 1 atom stereocenters. The lowest BCUT2D eigenvalue weighted by atomic mass is 9.89. The van der Waals surface area contributed by atoms with Gasteiger partial charge in [-0.1, -0.05) is 12.1 Å². The molecule has 0 aliphatic carbocycles. The molecule has 1 N–H and O–H groups in total. The van der Waals surface area contributed by atoms with Crippen LogP contribution in [-0.4, -0.2) is 27.4 Å². The molecule has 18 heavy (non-hydrogen) atoms. The van der Waals surface area contributed by atoms with Gasteiger partial charge in [0.1, 0.15) is 5.75 Å². The molecule has 0 radical (unpaired) electrons. The van der Waals surface area contributed by atoms with E-state index < -0.39 is 0 Å². The highest BCUT2D eigenvalue weighted by atomic mass is 16.5. The first-order valence-electron chi connectivity index (χ1n) is 6.72. The fourth-order valence-electron chi connectivity index (χ4n) is 2.59. The van der Waals surface area contributed by atoms with Crippen molar-refractivity contribution in [3.63, 3.8) is 0 Å². The lowest BCUT2D eigenvalue weighted by molar-refractivity contribution is 0.0608. The van der Waals surface area contributed by atoms with Crippen LogP contribution < -0.4 is 10.1 Å². The molecule has 0 saturated carbocycles. The van der Waals surface area contributed by atoms with Crippen LogP contribution in [0.1, 0.15) is 30.9 Å². The molecule has 1 heterocycles. The van der Waals surface area contributed by atoms with Crippen LogP contribution in [0.3, 0.4) is 0 Å². The number of methoxy groups -OCH3 is 1. The molecule has 0 amide bonds. The zero-order valence-corrected chi connectivity index (χ0v) is 11.3. The maximum Gasteiger partial charge on any atom is 0.119 e. The van der Waals surface area contributed by atoms with Crippen LogP contribution in [0.15, 0.2) is 24.3 Å². The summed E-state index contributed by atoms with van der Waals surface area (Å²) in [6, 6.07) is 8.75. The molecule has 1 saturated heterocycles. The molecule has 2 rings (SSSR count). The smallest absolute Gasteiger partial charge is 0.119 e. The van der Waals surface area contributed by atoms with E-state index in [0.717, 1.165) is 24.9 Å². The van der Waals surface area contributed by atoms with E-state index >= 15 is 0 Å². The first kappa shape index (κ1) is 13.4. The highest BCUT2D eigenvalue weighted by Gasteiger charge is 2.19. The number of rotatable bonds is 5. The van der Waals surface area contributed by atoms with E-state index in [2.05, 4.69) is 23.5 Å². The largest absolute Gasteiger partial charge is 0.497 e. The van der Waals surface area contributed by atoms with Crippen LogP contribution >= 0.6 is 0 Å². The summed E-state index contributed by atoms with van der Waals surface area (Å²) >= 11 is 0. The molecule has 3 heteroatoms. The predicted molar refractivity (Wildman–Crippen MR) is 73.0 cm³/mol. The van der Waals surface area contributed by atoms with Gasteiger partial charge >= 0.3 is 0 Å². The van der Waals surface area contributed by atoms with Crippen molar-refractivity contribution in [2.24, 2.45) is 5.92 Å². The van der Waals surface area contributed by atoms with E-state index in [4.69, 9.17) is 9.47 Å². The van der Waals surface area contributed by atoms with Crippen LogP contribution in [0, 0.1) is 5.92 Å². The van der Waals surface area contributed by atoms with Crippen molar-refractivity contribution in [2.45, 2.75) is 25.3 Å². The highest BCUT2D eigenvalue weighted by molar-refractivity contribution is 5.30. The van der Waals surface area contributed by atoms with Gasteiger partial charge in [-0.3, -0.25) is 0 Å². The first-order valence-corrected chi connectivity index (χ1v) is 6.72. The average Bonchev–Trinajstić information content (AvgIpc) is 2.46. The second-order valence-corrected chi connectivity index (χ2v) is 4.91. The molecular formula is C15H23NO2. The molecule has 100 valence electrons. The Bertz CT molecular complexity index is 361. The quantitative estimate of drug-likeness (QED) is 0.870. The molecule has 1 aromatic carbocycles. The number of hydrogen-bond acceptors (Lipinski definition) is 3. The minimum atomic E-state index is 0.406. The number of nitrogens with one attached hydrogen (secondary N) is 1. The van der Waals surface area contributed by atoms with Crippen molar-refractivity contribution < 1.29 is 9.47 Å². The first-order chi connectivity index (χ1) is 8.83. The SMILES string of the molecule is CNC(CC1CCOCC1)c1cccc(OC)c1. The monoisotopic (exact) mass is 249 g/mol. The summed E-state index contributed by atoms with van der Waals surface area (Å²) in [6.07, 6.45) is 3.54. The Balaban J connectivity index is 2.02. The van der Waals surface area contributed by atoms with E-state index in [1.54, 1.807) is 7.11 Å². The second kappa shape index (κ2) is 6.76. The minimum absolute atomic E-state index is 0.406. The predicted octanol–water partition coefficient (Wildman–Crippen LogP) is 2.77. The fraction of sp³-hybridized carbons (Fsp3) is 0.600. The number of ether oxygens (including phenoxy) is 2. The van der Waals surface area contributed by atoms with E-state index in [9.17, 15) is 0 Å². The van der Waals surface area contributed by atoms with Gasteiger partial charge in [0.25, 0.3) is 0 Å². The van der Waals surface area contributed by atoms with Gasteiger partial charge in [0.05, 0.1) is 7.11 Å². The molecule has 1 aliphatic heterocycles. The second-order valence-electron chi connectivity index (χ2n) is 4.91. The van der Waals surface area contributed by atoms with Crippen molar-refractivity contribution in [3.05, 3.63) is 29.8 Å². The van der Waals surface area contributed by atoms with Gasteiger partial charge in [0.2, 0.25) is 0 Å². The molecule has 0 aromatic heterocycles. The van der Waals surface area contributed by atoms with Gasteiger partial charge in [-0.2, -0.15) is 0 Å². The average molecular weight is 249 g/mol. The summed E-state index contributed by atoms with van der Waals surface area (Å²) in [6.45, 7) is 1.83. The zero-order chi connectivity index (χ0) is 12.8. The summed E-state index contributed by atoms with van der Waals surface area (Å²) in [5.41, 5.74) is 1.31. The lowest BCUT2D eigenvalue weighted by Gasteiger charge is -2.27. The van der Waals surface area contributed by atoms with Crippen molar-refractivity contribution in [3.8, 4) is 5.75 Å². The maximum absolute atomic E-state index is 5.42. The van der Waals surface area contributed by atoms with E-state index in [1.807, 2.05) is 13.1 Å². The third-order valence-electron chi connectivity index (χ3n) is 3.75. The number of hydrogen-bond donors (Lipinski definition) is 1. The zero-order valence-electron chi connectivity index (χ0n) is 11.3. The van der Waals surface area contributed by atoms with Crippen molar-refractivity contribution in [1.29, 1.82) is 0 Å². The Kier molecular flexibility index (Phi) is 5.02. The van der Waals surface area contributed by atoms with Crippen LogP contribution in [0.4, 0.5) is 0 Å². The van der Waals surface area contributed by atoms with E-state index in [-0.39, 0.29) is 0 Å². The van der Waals surface area contributed by atoms with Crippen LogP contribution in [-0.2, 0) is 4.74 Å². The summed E-state index contributed by atoms with van der Waals surface area (Å²) in [4.78, 5) is 0. The molecule has 0 spiro atoms. The van der Waals surface area contributed by atoms with Gasteiger partial charge < -0.3 is 14.8 Å². The third-order valence-corrected chi connectivity index (χ3v) is 3.75. The van der Waals surface area contributed by atoms with Gasteiger partial charge in [-0.15, -0.1) is 0 Å². The molecule has 1 aromatic rings. The Morgan fingerprint density at radius 3 is 2.83 bits per heavy atom. The lowest BCUT2D eigenvalue weighted by Crippen LogP contribution is -2.23. The Morgan fingerprint density at radius 2 is 2.17 bits per heavy atom. The van der Waals surface area contributed by atoms with Crippen LogP contribution in [0.2, 0.25) is 0 Å². The van der Waals surface area contributed by atoms with Crippen molar-refractivity contribution in [2.75, 3.05) is 27.4 Å². The standard InChI is InChI=1S/C15H23NO2/c1-16-15(10-12-6-8-18-9-7-12)13-4-3-5-14(11-13)17-2/h3-5,11-12,15-16H,6-10H2,1-2H3. The van der Waals surface area contributed by atoms with Crippen LogP contribution in [0.25, 0.3) is 0 Å². The molecule has 1 fully saturated rings. The summed E-state index contributed by atoms with van der Waals surface area (Å²) in [5, 5.41) is 3.42. The molecule has 1 unspecified atom stereocenters. The van der Waals surface area contributed by atoms with Crippen molar-refractivity contribution >= 4 is 0 Å². The van der Waals surface area contributed by atoms with Crippen molar-refractivity contribution in [1.82, 2.24) is 5.32 Å². The minimum Gasteiger partial charge on any atom is -0.497 e. The third kappa shape index (κ3) is 3.47. The highest BCUT2D eigenvalue weighted by Crippen LogP contribution is 2.28. The van der Waals surface area contributed by atoms with E-state index in [1.165, 1.54) is 24.8 Å². The van der Waals surface area contributed by atoms with Gasteiger partial charge in [-0.05, 0) is 49.9 Å². The van der Waals surface area contributed by atoms with Gasteiger partial charge in [-0.25, -0.2) is 0 Å².